The molecule has 2 amide bonds. The average molecular weight is 318 g/mol. The maximum Gasteiger partial charge on any atom is 0.315 e. The fourth-order valence-electron chi connectivity index (χ4n) is 2.75. The molecule has 124 valence electrons. The van der Waals surface area contributed by atoms with E-state index in [2.05, 4.69) is 10.6 Å². The van der Waals surface area contributed by atoms with Crippen molar-refractivity contribution in [2.75, 3.05) is 12.3 Å². The highest BCUT2D eigenvalue weighted by Gasteiger charge is 2.30. The first-order valence-corrected chi connectivity index (χ1v) is 9.47. The summed E-state index contributed by atoms with van der Waals surface area (Å²) in [6, 6.07) is -0.281. The molecule has 0 aromatic rings. The van der Waals surface area contributed by atoms with Gasteiger partial charge in [-0.1, -0.05) is 33.6 Å². The Morgan fingerprint density at radius 3 is 2.43 bits per heavy atom. The third-order valence-electron chi connectivity index (χ3n) is 4.54. The maximum absolute atomic E-state index is 12.1. The Balaban J connectivity index is 2.50. The Bertz CT molecular complexity index is 359. The average Bonchev–Trinajstić information content (AvgIpc) is 2.52. The molecule has 5 nitrogen and oxygen atoms in total. The molecule has 1 aliphatic rings. The molecule has 0 radical (unpaired) electrons. The van der Waals surface area contributed by atoms with Crippen LogP contribution in [0.15, 0.2) is 0 Å². The highest BCUT2D eigenvalue weighted by Crippen LogP contribution is 2.23. The van der Waals surface area contributed by atoms with E-state index in [1.165, 1.54) is 0 Å². The van der Waals surface area contributed by atoms with Crippen molar-refractivity contribution < 1.29 is 14.1 Å². The molecule has 3 unspecified atom stereocenters. The van der Waals surface area contributed by atoms with Crippen LogP contribution in [0.2, 0.25) is 0 Å². The third kappa shape index (κ3) is 5.58. The summed E-state index contributed by atoms with van der Waals surface area (Å²) in [6.07, 6.45) is 5.16. The lowest BCUT2D eigenvalue weighted by Crippen LogP contribution is -2.53. The van der Waals surface area contributed by atoms with Gasteiger partial charge in [0.15, 0.2) is 0 Å². The summed E-state index contributed by atoms with van der Waals surface area (Å²) in [4.78, 5) is 12.0. The van der Waals surface area contributed by atoms with Crippen LogP contribution >= 0.6 is 0 Å². The predicted molar refractivity (Wildman–Crippen MR) is 86.8 cm³/mol. The minimum atomic E-state index is -0.876. The first-order chi connectivity index (χ1) is 9.95. The summed E-state index contributed by atoms with van der Waals surface area (Å²) >= 11 is 0. The molecule has 1 rings (SSSR count). The number of amides is 2. The summed E-state index contributed by atoms with van der Waals surface area (Å²) in [5, 5.41) is 15.9. The summed E-state index contributed by atoms with van der Waals surface area (Å²) in [5.74, 6) is 0.635. The zero-order valence-electron chi connectivity index (χ0n) is 13.5. The van der Waals surface area contributed by atoms with Crippen molar-refractivity contribution in [3.63, 3.8) is 0 Å². The lowest BCUT2D eigenvalue weighted by atomic mass is 9.95. The van der Waals surface area contributed by atoms with E-state index in [0.717, 1.165) is 25.7 Å². The molecule has 1 saturated carbocycles. The van der Waals surface area contributed by atoms with Crippen molar-refractivity contribution in [2.45, 2.75) is 76.2 Å². The van der Waals surface area contributed by atoms with Crippen molar-refractivity contribution in [3.8, 4) is 0 Å². The van der Waals surface area contributed by atoms with Crippen LogP contribution in [0.4, 0.5) is 4.79 Å². The van der Waals surface area contributed by atoms with Crippen LogP contribution < -0.4 is 10.6 Å². The smallest absolute Gasteiger partial charge is 0.315 e. The third-order valence-corrected chi connectivity index (χ3v) is 6.34. The monoisotopic (exact) mass is 318 g/mol. The Labute approximate surface area is 130 Å². The molecule has 3 atom stereocenters. The highest BCUT2D eigenvalue weighted by molar-refractivity contribution is 7.85. The van der Waals surface area contributed by atoms with Gasteiger partial charge in [0.2, 0.25) is 0 Å². The lowest BCUT2D eigenvalue weighted by molar-refractivity contribution is 0.0348. The van der Waals surface area contributed by atoms with E-state index in [1.54, 1.807) is 0 Å². The number of carbonyl (C=O) groups is 1. The Morgan fingerprint density at radius 1 is 1.24 bits per heavy atom. The standard InChI is InChI=1S/C15H30N2O3S/c1-4-15(19,5-2)11-16-14(18)17-12-9-7-8-10-13(12)21(20)6-3/h12-13,19H,4-11H2,1-3H3,(H2,16,17,18). The molecule has 1 aliphatic carbocycles. The summed E-state index contributed by atoms with van der Waals surface area (Å²) in [6.45, 7) is 5.99. The zero-order chi connectivity index (χ0) is 15.9. The molecular formula is C15H30N2O3S. The first kappa shape index (κ1) is 18.4. The molecule has 0 aliphatic heterocycles. The number of nitrogens with one attached hydrogen (secondary N) is 2. The van der Waals surface area contributed by atoms with Crippen LogP contribution in [0.25, 0.3) is 0 Å². The van der Waals surface area contributed by atoms with Crippen molar-refractivity contribution in [2.24, 2.45) is 0 Å². The largest absolute Gasteiger partial charge is 0.388 e. The number of urea groups is 1. The molecule has 3 N–H and O–H groups in total. The van der Waals surface area contributed by atoms with Crippen LogP contribution in [0.3, 0.4) is 0 Å². The number of aliphatic hydroxyl groups is 1. The van der Waals surface area contributed by atoms with Crippen LogP contribution in [0.1, 0.15) is 59.3 Å². The second-order valence-electron chi connectivity index (χ2n) is 5.86. The minimum absolute atomic E-state index is 0.0177. The van der Waals surface area contributed by atoms with Gasteiger partial charge in [-0.25, -0.2) is 4.79 Å². The zero-order valence-corrected chi connectivity index (χ0v) is 14.3. The van der Waals surface area contributed by atoms with Crippen LogP contribution in [-0.4, -0.2) is 44.5 Å². The topological polar surface area (TPSA) is 78.4 Å². The van der Waals surface area contributed by atoms with Crippen LogP contribution in [-0.2, 0) is 10.8 Å². The van der Waals surface area contributed by atoms with Crippen LogP contribution in [0, 0.1) is 0 Å². The summed E-state index contributed by atoms with van der Waals surface area (Å²) < 4.78 is 12.1. The first-order valence-electron chi connectivity index (χ1n) is 8.09. The van der Waals surface area contributed by atoms with Gasteiger partial charge in [-0.15, -0.1) is 0 Å². The molecule has 0 aromatic carbocycles. The number of carbonyl (C=O) groups excluding carboxylic acids is 1. The fourth-order valence-corrected chi connectivity index (χ4v) is 4.18. The quantitative estimate of drug-likeness (QED) is 0.671. The molecule has 0 heterocycles. The van der Waals surface area contributed by atoms with Gasteiger partial charge < -0.3 is 15.7 Å². The van der Waals surface area contributed by atoms with Gasteiger partial charge in [-0.2, -0.15) is 0 Å². The predicted octanol–water partition coefficient (Wildman–Crippen LogP) is 1.92. The van der Waals surface area contributed by atoms with E-state index in [9.17, 15) is 14.1 Å². The Hall–Kier alpha value is -0.620. The van der Waals surface area contributed by atoms with Crippen molar-refractivity contribution in [3.05, 3.63) is 0 Å². The Kier molecular flexibility index (Phi) is 7.66. The van der Waals surface area contributed by atoms with Gasteiger partial charge in [0, 0.05) is 29.1 Å². The maximum atomic E-state index is 12.1. The SMILES string of the molecule is CCS(=O)C1CCCCC1NC(=O)NCC(O)(CC)CC. The van der Waals surface area contributed by atoms with E-state index in [0.29, 0.717) is 18.6 Å². The Morgan fingerprint density at radius 2 is 1.86 bits per heavy atom. The number of hydrogen-bond donors (Lipinski definition) is 3. The normalized spacial score (nSPS) is 24.4. The van der Waals surface area contributed by atoms with Crippen LogP contribution in [0.5, 0.6) is 0 Å². The second kappa shape index (κ2) is 8.73. The van der Waals surface area contributed by atoms with Crippen molar-refractivity contribution in [1.29, 1.82) is 0 Å². The van der Waals surface area contributed by atoms with E-state index in [1.807, 2.05) is 20.8 Å². The second-order valence-corrected chi connectivity index (χ2v) is 7.80. The van der Waals surface area contributed by atoms with Gasteiger partial charge in [0.05, 0.1) is 10.9 Å². The van der Waals surface area contributed by atoms with E-state index >= 15 is 0 Å². The minimum Gasteiger partial charge on any atom is -0.388 e. The lowest BCUT2D eigenvalue weighted by Gasteiger charge is -2.32. The van der Waals surface area contributed by atoms with E-state index < -0.39 is 16.4 Å². The van der Waals surface area contributed by atoms with Gasteiger partial charge in [-0.3, -0.25) is 4.21 Å². The molecule has 0 aromatic heterocycles. The molecule has 21 heavy (non-hydrogen) atoms. The van der Waals surface area contributed by atoms with Crippen molar-refractivity contribution in [1.82, 2.24) is 10.6 Å². The van der Waals surface area contributed by atoms with Gasteiger partial charge in [0.1, 0.15) is 0 Å². The highest BCUT2D eigenvalue weighted by atomic mass is 32.2. The van der Waals surface area contributed by atoms with Crippen molar-refractivity contribution >= 4 is 16.8 Å². The molecule has 0 saturated heterocycles. The van der Waals surface area contributed by atoms with E-state index in [4.69, 9.17) is 0 Å². The number of rotatable bonds is 7. The fraction of sp³-hybridized carbons (Fsp3) is 0.933. The summed E-state index contributed by atoms with van der Waals surface area (Å²) in [5.41, 5.74) is -0.838. The molecule has 0 spiro atoms. The van der Waals surface area contributed by atoms with Gasteiger partial charge in [0.25, 0.3) is 0 Å². The molecule has 0 bridgehead atoms. The molecule has 1 fully saturated rings. The number of hydrogen-bond acceptors (Lipinski definition) is 3. The molecular weight excluding hydrogens is 288 g/mol. The van der Waals surface area contributed by atoms with Gasteiger partial charge >= 0.3 is 6.03 Å². The van der Waals surface area contributed by atoms with Gasteiger partial charge in [-0.05, 0) is 25.7 Å². The van der Waals surface area contributed by atoms with E-state index in [-0.39, 0.29) is 23.9 Å². The summed E-state index contributed by atoms with van der Waals surface area (Å²) in [7, 11) is -0.876. The molecule has 6 heteroatoms.